The van der Waals surface area contributed by atoms with Crippen LogP contribution in [0, 0.1) is 6.92 Å². The van der Waals surface area contributed by atoms with Crippen molar-refractivity contribution in [3.05, 3.63) is 30.0 Å². The Hall–Kier alpha value is -2.30. The molecule has 2 aromatic rings. The average Bonchev–Trinajstić information content (AvgIpc) is 2.46. The number of benzene rings is 1. The van der Waals surface area contributed by atoms with Gasteiger partial charge in [-0.2, -0.15) is 0 Å². The summed E-state index contributed by atoms with van der Waals surface area (Å²) in [6, 6.07) is 7.66. The number of esters is 1. The number of nitrogens with zero attached hydrogens (tertiary/aromatic N) is 1. The first kappa shape index (κ1) is 15.1. The van der Waals surface area contributed by atoms with Crippen LogP contribution in [0.2, 0.25) is 0 Å². The molecule has 5 heteroatoms. The van der Waals surface area contributed by atoms with Gasteiger partial charge in [-0.15, -0.1) is 0 Å². The molecule has 0 radical (unpaired) electrons. The second-order valence-corrected chi connectivity index (χ2v) is 4.58. The smallest absolute Gasteiger partial charge is 0.325 e. The zero-order valence-corrected chi connectivity index (χ0v) is 12.6. The van der Waals surface area contributed by atoms with Gasteiger partial charge < -0.3 is 14.8 Å². The number of rotatable bonds is 6. The monoisotopic (exact) mass is 288 g/mol. The molecular formula is C16H20N2O3. The fourth-order valence-electron chi connectivity index (χ4n) is 2.12. The van der Waals surface area contributed by atoms with Gasteiger partial charge in [-0.3, -0.25) is 9.78 Å². The lowest BCUT2D eigenvalue weighted by atomic mass is 10.1. The van der Waals surface area contributed by atoms with Crippen molar-refractivity contribution < 1.29 is 14.3 Å². The minimum atomic E-state index is -0.277. The van der Waals surface area contributed by atoms with Crippen LogP contribution in [-0.4, -0.2) is 30.7 Å². The number of carbonyl (C=O) groups excluding carboxylic acids is 1. The Morgan fingerprint density at radius 3 is 2.76 bits per heavy atom. The van der Waals surface area contributed by atoms with Gasteiger partial charge in [0.2, 0.25) is 0 Å². The van der Waals surface area contributed by atoms with Crippen LogP contribution in [0.25, 0.3) is 10.9 Å². The van der Waals surface area contributed by atoms with Gasteiger partial charge in [-0.1, -0.05) is 0 Å². The molecule has 5 nitrogen and oxygen atoms in total. The minimum Gasteiger partial charge on any atom is -0.494 e. The second kappa shape index (κ2) is 6.92. The van der Waals surface area contributed by atoms with Crippen molar-refractivity contribution in [2.45, 2.75) is 20.8 Å². The van der Waals surface area contributed by atoms with E-state index < -0.39 is 0 Å². The molecule has 0 aliphatic rings. The Labute approximate surface area is 124 Å². The highest BCUT2D eigenvalue weighted by Gasteiger charge is 2.08. The van der Waals surface area contributed by atoms with Crippen LogP contribution in [0.15, 0.2) is 24.3 Å². The van der Waals surface area contributed by atoms with E-state index in [4.69, 9.17) is 9.47 Å². The van der Waals surface area contributed by atoms with E-state index in [2.05, 4.69) is 10.3 Å². The predicted molar refractivity (Wildman–Crippen MR) is 82.8 cm³/mol. The second-order valence-electron chi connectivity index (χ2n) is 4.58. The molecule has 2 rings (SSSR count). The maximum atomic E-state index is 11.5. The Morgan fingerprint density at radius 1 is 1.24 bits per heavy atom. The van der Waals surface area contributed by atoms with Crippen molar-refractivity contribution in [3.8, 4) is 5.75 Å². The summed E-state index contributed by atoms with van der Waals surface area (Å²) >= 11 is 0. The number of hydrogen-bond acceptors (Lipinski definition) is 5. The zero-order chi connectivity index (χ0) is 15.2. The van der Waals surface area contributed by atoms with Gasteiger partial charge in [0.15, 0.2) is 0 Å². The molecule has 1 heterocycles. The summed E-state index contributed by atoms with van der Waals surface area (Å²) in [5.41, 5.74) is 2.61. The number of aryl methyl sites for hydroxylation is 1. The third-order valence-corrected chi connectivity index (χ3v) is 2.95. The first-order chi connectivity index (χ1) is 10.1. The number of aromatic nitrogens is 1. The van der Waals surface area contributed by atoms with E-state index in [0.29, 0.717) is 13.2 Å². The third kappa shape index (κ3) is 3.84. The van der Waals surface area contributed by atoms with E-state index in [1.165, 1.54) is 0 Å². The van der Waals surface area contributed by atoms with Crippen molar-refractivity contribution in [3.63, 3.8) is 0 Å². The van der Waals surface area contributed by atoms with E-state index >= 15 is 0 Å². The molecule has 1 aromatic carbocycles. The number of pyridine rings is 1. The molecule has 0 unspecified atom stereocenters. The maximum absolute atomic E-state index is 11.5. The van der Waals surface area contributed by atoms with Gasteiger partial charge in [0.05, 0.1) is 18.7 Å². The van der Waals surface area contributed by atoms with Crippen LogP contribution in [0.3, 0.4) is 0 Å². The average molecular weight is 288 g/mol. The van der Waals surface area contributed by atoms with Gasteiger partial charge in [0, 0.05) is 16.8 Å². The predicted octanol–water partition coefficient (Wildman–Crippen LogP) is 2.92. The molecule has 0 amide bonds. The van der Waals surface area contributed by atoms with E-state index in [-0.39, 0.29) is 12.5 Å². The molecule has 0 bridgehead atoms. The quantitative estimate of drug-likeness (QED) is 0.828. The van der Waals surface area contributed by atoms with E-state index in [1.54, 1.807) is 6.92 Å². The van der Waals surface area contributed by atoms with E-state index in [1.807, 2.05) is 38.1 Å². The lowest BCUT2D eigenvalue weighted by molar-refractivity contribution is -0.140. The summed E-state index contributed by atoms with van der Waals surface area (Å²) in [5.74, 6) is 0.510. The molecule has 1 aromatic heterocycles. The highest BCUT2D eigenvalue weighted by Crippen LogP contribution is 2.27. The first-order valence-electron chi connectivity index (χ1n) is 7.07. The molecule has 0 saturated heterocycles. The number of hydrogen-bond donors (Lipinski definition) is 1. The highest BCUT2D eigenvalue weighted by atomic mass is 16.5. The van der Waals surface area contributed by atoms with Crippen molar-refractivity contribution in [1.29, 1.82) is 0 Å². The molecule has 1 N–H and O–H groups in total. The number of ether oxygens (including phenoxy) is 2. The highest BCUT2D eigenvalue weighted by molar-refractivity contribution is 5.93. The Morgan fingerprint density at radius 2 is 2.05 bits per heavy atom. The fourth-order valence-corrected chi connectivity index (χ4v) is 2.12. The van der Waals surface area contributed by atoms with Crippen LogP contribution in [0.4, 0.5) is 5.69 Å². The standard InChI is InChI=1S/C16H20N2O3/c1-4-20-12-6-7-14-13(9-12)15(8-11(3)18-14)17-10-16(19)21-5-2/h6-9H,4-5,10H2,1-3H3,(H,17,18). The zero-order valence-electron chi connectivity index (χ0n) is 12.6. The topological polar surface area (TPSA) is 60.5 Å². The Kier molecular flexibility index (Phi) is 4.98. The Balaban J connectivity index is 2.31. The van der Waals surface area contributed by atoms with Crippen LogP contribution in [0.5, 0.6) is 5.75 Å². The fraction of sp³-hybridized carbons (Fsp3) is 0.375. The number of fused-ring (bicyclic) bond motifs is 1. The van der Waals surface area contributed by atoms with Gasteiger partial charge in [0.1, 0.15) is 12.3 Å². The van der Waals surface area contributed by atoms with E-state index in [9.17, 15) is 4.79 Å². The lowest BCUT2D eigenvalue weighted by Crippen LogP contribution is -2.17. The number of nitrogens with one attached hydrogen (secondary N) is 1. The minimum absolute atomic E-state index is 0.130. The first-order valence-corrected chi connectivity index (χ1v) is 7.07. The molecule has 0 fully saturated rings. The summed E-state index contributed by atoms with van der Waals surface area (Å²) in [5, 5.41) is 4.04. The van der Waals surface area contributed by atoms with Crippen LogP contribution >= 0.6 is 0 Å². The number of carbonyl (C=O) groups is 1. The molecule has 0 spiro atoms. The third-order valence-electron chi connectivity index (χ3n) is 2.95. The largest absolute Gasteiger partial charge is 0.494 e. The molecule has 112 valence electrons. The molecule has 21 heavy (non-hydrogen) atoms. The molecule has 0 atom stereocenters. The summed E-state index contributed by atoms with van der Waals surface area (Å²) < 4.78 is 10.4. The summed E-state index contributed by atoms with van der Waals surface area (Å²) in [6.45, 7) is 6.77. The van der Waals surface area contributed by atoms with Crippen molar-refractivity contribution in [2.24, 2.45) is 0 Å². The molecule has 0 aliphatic heterocycles. The SMILES string of the molecule is CCOC(=O)CNc1cc(C)nc2ccc(OCC)cc12. The van der Waals surface area contributed by atoms with E-state index in [0.717, 1.165) is 28.0 Å². The van der Waals surface area contributed by atoms with Crippen LogP contribution < -0.4 is 10.1 Å². The summed E-state index contributed by atoms with van der Waals surface area (Å²) in [4.78, 5) is 16.0. The van der Waals surface area contributed by atoms with Crippen LogP contribution in [0.1, 0.15) is 19.5 Å². The van der Waals surface area contributed by atoms with Crippen LogP contribution in [-0.2, 0) is 9.53 Å². The summed E-state index contributed by atoms with van der Waals surface area (Å²) in [7, 11) is 0. The molecular weight excluding hydrogens is 268 g/mol. The molecule has 0 aliphatic carbocycles. The normalized spacial score (nSPS) is 10.4. The summed E-state index contributed by atoms with van der Waals surface area (Å²) in [6.07, 6.45) is 0. The van der Waals surface area contributed by atoms with Gasteiger partial charge in [0.25, 0.3) is 0 Å². The van der Waals surface area contributed by atoms with Gasteiger partial charge in [-0.05, 0) is 45.0 Å². The maximum Gasteiger partial charge on any atom is 0.325 e. The lowest BCUT2D eigenvalue weighted by Gasteiger charge is -2.12. The van der Waals surface area contributed by atoms with Gasteiger partial charge >= 0.3 is 5.97 Å². The van der Waals surface area contributed by atoms with Crippen molar-refractivity contribution in [2.75, 3.05) is 25.1 Å². The number of anilines is 1. The van der Waals surface area contributed by atoms with Gasteiger partial charge in [-0.25, -0.2) is 0 Å². The molecule has 0 saturated carbocycles. The Bertz CT molecular complexity index is 641. The van der Waals surface area contributed by atoms with Crippen molar-refractivity contribution in [1.82, 2.24) is 4.98 Å². The van der Waals surface area contributed by atoms with Crippen molar-refractivity contribution >= 4 is 22.6 Å².